The number of ketones is 1. The second kappa shape index (κ2) is 5.15. The van der Waals surface area contributed by atoms with Crippen LogP contribution in [0.5, 0.6) is 0 Å². The van der Waals surface area contributed by atoms with Gasteiger partial charge in [-0.25, -0.2) is 0 Å². The smallest absolute Gasteiger partial charge is 0.189 e. The molecule has 0 saturated heterocycles. The van der Waals surface area contributed by atoms with Crippen LogP contribution in [0.2, 0.25) is 0 Å². The first-order valence-electron chi connectivity index (χ1n) is 7.32. The Morgan fingerprint density at radius 1 is 1.09 bits per heavy atom. The molecule has 4 heteroatoms. The third-order valence-electron chi connectivity index (χ3n) is 3.89. The van der Waals surface area contributed by atoms with Crippen LogP contribution < -0.4 is 5.32 Å². The fraction of sp³-hybridized carbons (Fsp3) is 0.111. The van der Waals surface area contributed by atoms with Gasteiger partial charge in [-0.2, -0.15) is 0 Å². The molecular formula is C18H15N3O. The highest BCUT2D eigenvalue weighted by molar-refractivity contribution is 6.10. The Bertz CT molecular complexity index is 793. The number of nitrogens with one attached hydrogen (secondary N) is 1. The third kappa shape index (κ3) is 2.09. The van der Waals surface area contributed by atoms with Crippen LogP contribution in [0.25, 0.3) is 0 Å². The van der Waals surface area contributed by atoms with E-state index in [1.165, 1.54) is 0 Å². The Labute approximate surface area is 128 Å². The largest absolute Gasteiger partial charge is 0.341 e. The fourth-order valence-corrected chi connectivity index (χ4v) is 2.83. The summed E-state index contributed by atoms with van der Waals surface area (Å²) in [7, 11) is 0. The number of rotatable bonds is 2. The van der Waals surface area contributed by atoms with Crippen molar-refractivity contribution in [3.05, 3.63) is 77.6 Å². The van der Waals surface area contributed by atoms with Crippen molar-refractivity contribution in [3.63, 3.8) is 0 Å². The van der Waals surface area contributed by atoms with Crippen LogP contribution in [-0.2, 0) is 0 Å². The highest BCUT2D eigenvalue weighted by Crippen LogP contribution is 2.29. The number of fused-ring (bicyclic) bond motifs is 3. The number of benzene rings is 2. The molecule has 0 fully saturated rings. The molecule has 0 spiro atoms. The molecule has 4 rings (SSSR count). The Balaban J connectivity index is 1.73. The van der Waals surface area contributed by atoms with Crippen LogP contribution in [0, 0.1) is 0 Å². The zero-order valence-corrected chi connectivity index (χ0v) is 12.0. The third-order valence-corrected chi connectivity index (χ3v) is 3.89. The van der Waals surface area contributed by atoms with Gasteiger partial charge in [-0.15, -0.1) is 0 Å². The highest BCUT2D eigenvalue weighted by atomic mass is 16.1. The van der Waals surface area contributed by atoms with Crippen molar-refractivity contribution in [1.82, 2.24) is 4.90 Å². The van der Waals surface area contributed by atoms with Gasteiger partial charge < -0.3 is 10.2 Å². The summed E-state index contributed by atoms with van der Waals surface area (Å²) < 4.78 is 0. The monoisotopic (exact) mass is 289 g/mol. The average molecular weight is 289 g/mol. The highest BCUT2D eigenvalue weighted by Gasteiger charge is 2.29. The first-order valence-corrected chi connectivity index (χ1v) is 7.32. The molecular weight excluding hydrogens is 274 g/mol. The lowest BCUT2D eigenvalue weighted by Crippen LogP contribution is -2.36. The number of para-hydroxylation sites is 1. The predicted molar refractivity (Wildman–Crippen MR) is 87.0 cm³/mol. The van der Waals surface area contributed by atoms with E-state index >= 15 is 0 Å². The van der Waals surface area contributed by atoms with Crippen molar-refractivity contribution in [1.29, 1.82) is 0 Å². The van der Waals surface area contributed by atoms with Crippen molar-refractivity contribution in [3.8, 4) is 0 Å². The number of anilines is 1. The lowest BCUT2D eigenvalue weighted by atomic mass is 10.1. The van der Waals surface area contributed by atoms with Crippen LogP contribution in [0.1, 0.15) is 15.9 Å². The van der Waals surface area contributed by atoms with Gasteiger partial charge in [0.25, 0.3) is 0 Å². The summed E-state index contributed by atoms with van der Waals surface area (Å²) in [5.74, 6) is 1.74. The molecule has 1 N–H and O–H groups in total. The molecule has 4 nitrogen and oxygen atoms in total. The summed E-state index contributed by atoms with van der Waals surface area (Å²) >= 11 is 0. The molecule has 0 radical (unpaired) electrons. The summed E-state index contributed by atoms with van der Waals surface area (Å²) in [6.45, 7) is 1.55. The number of allylic oxidation sites excluding steroid dienone is 1. The normalized spacial score (nSPS) is 17.5. The Morgan fingerprint density at radius 2 is 1.86 bits per heavy atom. The molecule has 2 aliphatic rings. The molecule has 0 amide bonds. The molecule has 0 bridgehead atoms. The van der Waals surface area contributed by atoms with Gasteiger partial charge in [-0.1, -0.05) is 42.5 Å². The first kappa shape index (κ1) is 12.8. The fourth-order valence-electron chi connectivity index (χ4n) is 2.83. The molecule has 2 aromatic carbocycles. The average Bonchev–Trinajstić information content (AvgIpc) is 3.06. The van der Waals surface area contributed by atoms with Crippen molar-refractivity contribution in [2.24, 2.45) is 4.99 Å². The van der Waals surface area contributed by atoms with E-state index < -0.39 is 0 Å². The van der Waals surface area contributed by atoms with Crippen LogP contribution >= 0.6 is 0 Å². The number of hydrogen-bond acceptors (Lipinski definition) is 4. The molecule has 22 heavy (non-hydrogen) atoms. The second-order valence-electron chi connectivity index (χ2n) is 5.29. The second-order valence-corrected chi connectivity index (χ2v) is 5.29. The Kier molecular flexibility index (Phi) is 3.00. The zero-order valence-electron chi connectivity index (χ0n) is 12.0. The van der Waals surface area contributed by atoms with Gasteiger partial charge in [0, 0.05) is 23.7 Å². The minimum atomic E-state index is -0.00580. The number of nitrogens with zero attached hydrogens (tertiary/aromatic N) is 2. The van der Waals surface area contributed by atoms with Crippen LogP contribution in [0.4, 0.5) is 5.69 Å². The quantitative estimate of drug-likeness (QED) is 0.683. The van der Waals surface area contributed by atoms with E-state index in [2.05, 4.69) is 21.3 Å². The molecule has 0 aliphatic carbocycles. The number of carbonyl (C=O) groups excluding carboxylic acids is 1. The maximum absolute atomic E-state index is 12.4. The van der Waals surface area contributed by atoms with Gasteiger partial charge in [0.05, 0.1) is 12.2 Å². The van der Waals surface area contributed by atoms with Crippen LogP contribution in [0.3, 0.4) is 0 Å². The molecule has 2 heterocycles. The Morgan fingerprint density at radius 3 is 2.73 bits per heavy atom. The van der Waals surface area contributed by atoms with Crippen molar-refractivity contribution in [2.75, 3.05) is 18.4 Å². The molecule has 2 aromatic rings. The zero-order chi connectivity index (χ0) is 14.9. The lowest BCUT2D eigenvalue weighted by Gasteiger charge is -2.31. The molecule has 108 valence electrons. The summed E-state index contributed by atoms with van der Waals surface area (Å²) in [5, 5.41) is 3.35. The van der Waals surface area contributed by atoms with E-state index in [0.717, 1.165) is 36.0 Å². The minimum absolute atomic E-state index is 0.00580. The lowest BCUT2D eigenvalue weighted by molar-refractivity contribution is 0.104. The summed E-state index contributed by atoms with van der Waals surface area (Å²) in [6.07, 6.45) is 1.66. The first-order chi connectivity index (χ1) is 10.8. The van der Waals surface area contributed by atoms with Crippen molar-refractivity contribution >= 4 is 17.3 Å². The molecule has 0 aromatic heterocycles. The van der Waals surface area contributed by atoms with Crippen LogP contribution in [0.15, 0.2) is 71.5 Å². The van der Waals surface area contributed by atoms with E-state index in [4.69, 9.17) is 0 Å². The standard InChI is InChI=1S/C18H15N3O/c22-16(13-6-2-1-3-7-13)12-17-20-15-9-5-4-8-14(15)18-19-10-11-21(17)18/h1-9,12,20H,10-11H2. The minimum Gasteiger partial charge on any atom is -0.341 e. The maximum Gasteiger partial charge on any atom is 0.189 e. The topological polar surface area (TPSA) is 44.7 Å². The van der Waals surface area contributed by atoms with Gasteiger partial charge >= 0.3 is 0 Å². The van der Waals surface area contributed by atoms with E-state index in [-0.39, 0.29) is 5.78 Å². The predicted octanol–water partition coefficient (Wildman–Crippen LogP) is 2.90. The number of aliphatic imine (C=N–C) groups is 1. The number of hydrogen-bond donors (Lipinski definition) is 1. The molecule has 0 atom stereocenters. The van der Waals surface area contributed by atoms with E-state index in [9.17, 15) is 4.79 Å². The van der Waals surface area contributed by atoms with Gasteiger partial charge in [0.15, 0.2) is 5.78 Å². The SMILES string of the molecule is O=C(C=C1Nc2ccccc2C2=NCCN12)c1ccccc1. The maximum atomic E-state index is 12.4. The van der Waals surface area contributed by atoms with E-state index in [0.29, 0.717) is 5.56 Å². The summed E-state index contributed by atoms with van der Waals surface area (Å²) in [5.41, 5.74) is 2.77. The van der Waals surface area contributed by atoms with Gasteiger partial charge in [-0.3, -0.25) is 9.79 Å². The number of amidine groups is 1. The molecule has 0 unspecified atom stereocenters. The summed E-state index contributed by atoms with van der Waals surface area (Å²) in [4.78, 5) is 19.1. The molecule has 2 aliphatic heterocycles. The number of carbonyl (C=O) groups is 1. The Hall–Kier alpha value is -2.88. The van der Waals surface area contributed by atoms with Gasteiger partial charge in [0.1, 0.15) is 11.7 Å². The molecule has 0 saturated carbocycles. The van der Waals surface area contributed by atoms with Crippen LogP contribution in [-0.4, -0.2) is 29.6 Å². The van der Waals surface area contributed by atoms with Crippen molar-refractivity contribution in [2.45, 2.75) is 0 Å². The van der Waals surface area contributed by atoms with Gasteiger partial charge in [0.2, 0.25) is 0 Å². The van der Waals surface area contributed by atoms with Gasteiger partial charge in [-0.05, 0) is 12.1 Å². The van der Waals surface area contributed by atoms with Crippen molar-refractivity contribution < 1.29 is 4.79 Å². The summed E-state index contributed by atoms with van der Waals surface area (Å²) in [6, 6.07) is 17.4. The van der Waals surface area contributed by atoms with E-state index in [1.54, 1.807) is 6.08 Å². The van der Waals surface area contributed by atoms with E-state index in [1.807, 2.05) is 48.5 Å².